The topological polar surface area (TPSA) is 56.1 Å². The van der Waals surface area contributed by atoms with Crippen molar-refractivity contribution in [1.29, 1.82) is 0 Å². The summed E-state index contributed by atoms with van der Waals surface area (Å²) in [5.41, 5.74) is 5.14. The van der Waals surface area contributed by atoms with Gasteiger partial charge in [0.2, 0.25) is 0 Å². The first kappa shape index (κ1) is 16.2. The molecule has 0 saturated carbocycles. The van der Waals surface area contributed by atoms with E-state index in [1.54, 1.807) is 0 Å². The third-order valence-electron chi connectivity index (χ3n) is 4.59. The summed E-state index contributed by atoms with van der Waals surface area (Å²) < 4.78 is 7.88. The molecule has 4 rings (SSSR count). The second-order valence-electron chi connectivity index (χ2n) is 6.71. The molecule has 0 N–H and O–H groups in total. The van der Waals surface area contributed by atoms with Gasteiger partial charge in [-0.05, 0) is 31.5 Å². The molecule has 3 heterocycles. The van der Waals surface area contributed by atoms with Gasteiger partial charge in [-0.15, -0.1) is 0 Å². The van der Waals surface area contributed by atoms with Crippen molar-refractivity contribution in [2.24, 2.45) is 0 Å². The Hall–Kier alpha value is -2.31. The molecule has 1 atom stereocenters. The molecule has 1 saturated heterocycles. The molecule has 1 aliphatic rings. The Morgan fingerprint density at radius 2 is 1.96 bits per heavy atom. The maximum Gasteiger partial charge on any atom is 0.0898 e. The van der Waals surface area contributed by atoms with Gasteiger partial charge < -0.3 is 4.74 Å². The van der Waals surface area contributed by atoms with E-state index in [2.05, 4.69) is 23.1 Å². The van der Waals surface area contributed by atoms with Crippen LogP contribution in [0.1, 0.15) is 17.0 Å². The number of aromatic nitrogens is 4. The highest BCUT2D eigenvalue weighted by molar-refractivity contribution is 5.74. The average Bonchev–Trinajstić information content (AvgIpc) is 3.01. The molecule has 0 spiro atoms. The maximum atomic E-state index is 5.92. The highest BCUT2D eigenvalue weighted by atomic mass is 16.5. The van der Waals surface area contributed by atoms with Gasteiger partial charge in [-0.1, -0.05) is 12.1 Å². The maximum absolute atomic E-state index is 5.92. The Kier molecular flexibility index (Phi) is 4.46. The zero-order valence-electron chi connectivity index (χ0n) is 14.7. The fraction of sp³-hybridized carbons (Fsp3) is 0.421. The number of nitrogens with zero attached hydrogens (tertiary/aromatic N) is 5. The predicted octanol–water partition coefficient (Wildman–Crippen LogP) is 2.34. The molecule has 25 heavy (non-hydrogen) atoms. The van der Waals surface area contributed by atoms with Crippen molar-refractivity contribution in [3.05, 3.63) is 53.6 Å². The van der Waals surface area contributed by atoms with Gasteiger partial charge in [-0.2, -0.15) is 5.10 Å². The normalized spacial score (nSPS) is 18.7. The van der Waals surface area contributed by atoms with Crippen LogP contribution >= 0.6 is 0 Å². The fourth-order valence-electron chi connectivity index (χ4n) is 3.30. The Balaban J connectivity index is 1.46. The zero-order chi connectivity index (χ0) is 17.2. The molecule has 0 radical (unpaired) electrons. The number of hydrogen-bond acceptors (Lipinski definition) is 5. The lowest BCUT2D eigenvalue weighted by atomic mass is 10.2. The minimum absolute atomic E-state index is 0.154. The van der Waals surface area contributed by atoms with E-state index in [9.17, 15) is 0 Å². The number of hydrogen-bond donors (Lipinski definition) is 0. The molecule has 2 aromatic heterocycles. The highest BCUT2D eigenvalue weighted by Crippen LogP contribution is 2.16. The number of ether oxygens (including phenoxy) is 1. The molecule has 6 heteroatoms. The second kappa shape index (κ2) is 6.90. The quantitative estimate of drug-likeness (QED) is 0.731. The Morgan fingerprint density at radius 3 is 2.72 bits per heavy atom. The van der Waals surface area contributed by atoms with Gasteiger partial charge in [-0.25, -0.2) is 9.97 Å². The molecule has 3 aromatic rings. The Morgan fingerprint density at radius 1 is 1.16 bits per heavy atom. The van der Waals surface area contributed by atoms with Crippen LogP contribution in [0.15, 0.2) is 36.7 Å². The standard InChI is InChI=1S/C19H23N5O/c1-14-9-20-24(10-14)12-16-11-23(7-8-25-16)13-19-15(2)21-17-5-3-4-6-18(17)22-19/h3-6,9-10,16H,7-8,11-13H2,1-2H3/t16-/m0/s1. The number of para-hydroxylation sites is 2. The van der Waals surface area contributed by atoms with Crippen LogP contribution < -0.4 is 0 Å². The van der Waals surface area contributed by atoms with E-state index in [0.717, 1.165) is 55.2 Å². The van der Waals surface area contributed by atoms with Gasteiger partial charge in [0.15, 0.2) is 0 Å². The van der Waals surface area contributed by atoms with Crippen molar-refractivity contribution < 1.29 is 4.74 Å². The van der Waals surface area contributed by atoms with Crippen molar-refractivity contribution in [2.75, 3.05) is 19.7 Å². The van der Waals surface area contributed by atoms with Crippen LogP contribution in [-0.2, 0) is 17.8 Å². The molecule has 1 aliphatic heterocycles. The monoisotopic (exact) mass is 337 g/mol. The van der Waals surface area contributed by atoms with Crippen LogP contribution in [0.5, 0.6) is 0 Å². The van der Waals surface area contributed by atoms with E-state index < -0.39 is 0 Å². The summed E-state index contributed by atoms with van der Waals surface area (Å²) in [6, 6.07) is 8.04. The molecule has 6 nitrogen and oxygen atoms in total. The zero-order valence-corrected chi connectivity index (χ0v) is 14.7. The summed E-state index contributed by atoms with van der Waals surface area (Å²) in [5, 5.41) is 4.36. The van der Waals surface area contributed by atoms with Gasteiger partial charge >= 0.3 is 0 Å². The molecule has 1 fully saturated rings. The van der Waals surface area contributed by atoms with Crippen LogP contribution in [0.2, 0.25) is 0 Å². The van der Waals surface area contributed by atoms with E-state index in [1.807, 2.05) is 42.1 Å². The summed E-state index contributed by atoms with van der Waals surface area (Å²) in [6.07, 6.45) is 4.09. The van der Waals surface area contributed by atoms with E-state index in [-0.39, 0.29) is 6.10 Å². The van der Waals surface area contributed by atoms with Gasteiger partial charge in [0.25, 0.3) is 0 Å². The molecule has 0 bridgehead atoms. The SMILES string of the molecule is Cc1cnn(C[C@@H]2CN(Cc3nc4ccccc4nc3C)CCO2)c1. The van der Waals surface area contributed by atoms with Crippen molar-refractivity contribution in [3.63, 3.8) is 0 Å². The fourth-order valence-corrected chi connectivity index (χ4v) is 3.30. The van der Waals surface area contributed by atoms with Crippen molar-refractivity contribution in [3.8, 4) is 0 Å². The van der Waals surface area contributed by atoms with E-state index in [0.29, 0.717) is 0 Å². The molecule has 130 valence electrons. The van der Waals surface area contributed by atoms with Gasteiger partial charge in [0.05, 0.1) is 47.9 Å². The van der Waals surface area contributed by atoms with Crippen molar-refractivity contribution >= 4 is 11.0 Å². The number of aryl methyl sites for hydroxylation is 2. The van der Waals surface area contributed by atoms with E-state index in [4.69, 9.17) is 14.7 Å². The third-order valence-corrected chi connectivity index (χ3v) is 4.59. The van der Waals surface area contributed by atoms with Crippen LogP contribution in [-0.4, -0.2) is 50.4 Å². The Bertz CT molecular complexity index is 875. The summed E-state index contributed by atoms with van der Waals surface area (Å²) in [7, 11) is 0. The molecule has 0 unspecified atom stereocenters. The first-order valence-corrected chi connectivity index (χ1v) is 8.72. The van der Waals surface area contributed by atoms with E-state index >= 15 is 0 Å². The number of benzene rings is 1. The molecular weight excluding hydrogens is 314 g/mol. The smallest absolute Gasteiger partial charge is 0.0898 e. The number of rotatable bonds is 4. The Labute approximate surface area is 147 Å². The lowest BCUT2D eigenvalue weighted by Gasteiger charge is -2.32. The lowest BCUT2D eigenvalue weighted by molar-refractivity contribution is -0.0406. The largest absolute Gasteiger partial charge is 0.374 e. The minimum Gasteiger partial charge on any atom is -0.374 e. The molecular formula is C19H23N5O. The second-order valence-corrected chi connectivity index (χ2v) is 6.71. The van der Waals surface area contributed by atoms with Gasteiger partial charge in [0, 0.05) is 25.8 Å². The predicted molar refractivity (Wildman–Crippen MR) is 96.3 cm³/mol. The minimum atomic E-state index is 0.154. The summed E-state index contributed by atoms with van der Waals surface area (Å²) >= 11 is 0. The molecule has 0 aliphatic carbocycles. The van der Waals surface area contributed by atoms with Crippen LogP contribution in [0.25, 0.3) is 11.0 Å². The number of fused-ring (bicyclic) bond motifs is 1. The third kappa shape index (κ3) is 3.70. The van der Waals surface area contributed by atoms with Crippen LogP contribution in [0.3, 0.4) is 0 Å². The van der Waals surface area contributed by atoms with E-state index in [1.165, 1.54) is 5.56 Å². The van der Waals surface area contributed by atoms with Crippen molar-refractivity contribution in [1.82, 2.24) is 24.6 Å². The van der Waals surface area contributed by atoms with Crippen LogP contribution in [0.4, 0.5) is 0 Å². The molecule has 0 amide bonds. The van der Waals surface area contributed by atoms with Gasteiger partial charge in [0.1, 0.15) is 0 Å². The number of morpholine rings is 1. The summed E-state index contributed by atoms with van der Waals surface area (Å²) in [5.74, 6) is 0. The van der Waals surface area contributed by atoms with Crippen molar-refractivity contribution in [2.45, 2.75) is 33.0 Å². The first-order chi connectivity index (χ1) is 12.2. The highest BCUT2D eigenvalue weighted by Gasteiger charge is 2.22. The summed E-state index contributed by atoms with van der Waals surface area (Å²) in [4.78, 5) is 11.9. The lowest BCUT2D eigenvalue weighted by Crippen LogP contribution is -2.44. The average molecular weight is 337 g/mol. The van der Waals surface area contributed by atoms with Gasteiger partial charge in [-0.3, -0.25) is 9.58 Å². The molecule has 1 aromatic carbocycles. The first-order valence-electron chi connectivity index (χ1n) is 8.72. The summed E-state index contributed by atoms with van der Waals surface area (Å²) in [6.45, 7) is 8.23. The van der Waals surface area contributed by atoms with Crippen LogP contribution in [0, 0.1) is 13.8 Å².